The molecule has 4 aromatic carbocycles. The lowest BCUT2D eigenvalue weighted by Gasteiger charge is -2.01. The van der Waals surface area contributed by atoms with Crippen molar-refractivity contribution in [1.29, 1.82) is 0 Å². The highest BCUT2D eigenvalue weighted by atomic mass is 16.5. The number of carbonyl (C=O) groups is 3. The molecule has 204 valence electrons. The van der Waals surface area contributed by atoms with Gasteiger partial charge in [-0.3, -0.25) is 14.4 Å². The molecule has 0 spiro atoms. The van der Waals surface area contributed by atoms with E-state index >= 15 is 0 Å². The fourth-order valence-corrected chi connectivity index (χ4v) is 3.59. The van der Waals surface area contributed by atoms with Gasteiger partial charge in [-0.1, -0.05) is 35.5 Å². The van der Waals surface area contributed by atoms with E-state index in [4.69, 9.17) is 14.2 Å². The Morgan fingerprint density at radius 1 is 0.381 bits per heavy atom. The molecule has 4 rings (SSSR count). The average Bonchev–Trinajstić information content (AvgIpc) is 2.95. The molecule has 6 heteroatoms. The SMILES string of the molecule is CC(=O)Oc1ccc(C#Cc2cc(C#Cc3ccc(OC(C)=O)cc3)cc(C#Cc3ccc(OC(C)=O)cc3)c2)cc1. The second kappa shape index (κ2) is 13.9. The molecule has 0 radical (unpaired) electrons. The van der Waals surface area contributed by atoms with Crippen LogP contribution in [0.4, 0.5) is 0 Å². The van der Waals surface area contributed by atoms with Gasteiger partial charge in [0.05, 0.1) is 0 Å². The highest BCUT2D eigenvalue weighted by Gasteiger charge is 2.01. The topological polar surface area (TPSA) is 78.9 Å². The molecule has 0 saturated heterocycles. The zero-order valence-electron chi connectivity index (χ0n) is 23.1. The van der Waals surface area contributed by atoms with Gasteiger partial charge in [-0.15, -0.1) is 0 Å². The third-order valence-electron chi connectivity index (χ3n) is 5.33. The van der Waals surface area contributed by atoms with Gasteiger partial charge in [0, 0.05) is 54.2 Å². The minimum Gasteiger partial charge on any atom is -0.427 e. The van der Waals surface area contributed by atoms with E-state index in [2.05, 4.69) is 35.5 Å². The summed E-state index contributed by atoms with van der Waals surface area (Å²) in [4.78, 5) is 33.5. The van der Waals surface area contributed by atoms with E-state index in [1.54, 1.807) is 72.8 Å². The zero-order valence-corrected chi connectivity index (χ0v) is 23.1. The van der Waals surface area contributed by atoms with E-state index in [0.717, 1.165) is 16.7 Å². The number of hydrogen-bond donors (Lipinski definition) is 0. The molecule has 0 amide bonds. The van der Waals surface area contributed by atoms with Crippen molar-refractivity contribution in [3.05, 3.63) is 124 Å². The molecule has 0 atom stereocenters. The molecule has 0 heterocycles. The second-order valence-corrected chi connectivity index (χ2v) is 8.90. The van der Waals surface area contributed by atoms with Crippen molar-refractivity contribution in [2.24, 2.45) is 0 Å². The molecule has 0 N–H and O–H groups in total. The van der Waals surface area contributed by atoms with Gasteiger partial charge in [-0.05, 0) is 91.0 Å². The maximum Gasteiger partial charge on any atom is 0.308 e. The summed E-state index contributed by atoms with van der Waals surface area (Å²) in [5.41, 5.74) is 4.38. The Morgan fingerprint density at radius 3 is 0.810 bits per heavy atom. The Hall–Kier alpha value is -6.03. The van der Waals surface area contributed by atoms with E-state index in [1.807, 2.05) is 18.2 Å². The molecule has 0 aliphatic heterocycles. The first-order chi connectivity index (χ1) is 20.2. The van der Waals surface area contributed by atoms with Gasteiger partial charge in [0.25, 0.3) is 0 Å². The summed E-state index contributed by atoms with van der Waals surface area (Å²) >= 11 is 0. The summed E-state index contributed by atoms with van der Waals surface area (Å²) < 4.78 is 15.2. The number of esters is 3. The average molecular weight is 553 g/mol. The first-order valence-corrected chi connectivity index (χ1v) is 12.8. The molecule has 0 aliphatic carbocycles. The van der Waals surface area contributed by atoms with Crippen LogP contribution in [0, 0.1) is 35.5 Å². The van der Waals surface area contributed by atoms with Crippen LogP contribution in [0.15, 0.2) is 91.0 Å². The van der Waals surface area contributed by atoms with E-state index in [1.165, 1.54) is 20.8 Å². The fraction of sp³-hybridized carbons (Fsp3) is 0.0833. The van der Waals surface area contributed by atoms with E-state index in [9.17, 15) is 14.4 Å². The summed E-state index contributed by atoms with van der Waals surface area (Å²) in [7, 11) is 0. The normalized spacial score (nSPS) is 9.50. The molecule has 0 fully saturated rings. The summed E-state index contributed by atoms with van der Waals surface area (Å²) in [5, 5.41) is 0. The van der Waals surface area contributed by atoms with Gasteiger partial charge in [-0.25, -0.2) is 0 Å². The summed E-state index contributed by atoms with van der Waals surface area (Å²) in [6.45, 7) is 4.04. The van der Waals surface area contributed by atoms with Crippen LogP contribution >= 0.6 is 0 Å². The number of ether oxygens (including phenoxy) is 3. The van der Waals surface area contributed by atoms with Gasteiger partial charge in [0.1, 0.15) is 17.2 Å². The van der Waals surface area contributed by atoms with E-state index in [-0.39, 0.29) is 17.9 Å². The molecule has 0 aliphatic rings. The van der Waals surface area contributed by atoms with Crippen LogP contribution in [0.2, 0.25) is 0 Å². The highest BCUT2D eigenvalue weighted by molar-refractivity contribution is 5.70. The lowest BCUT2D eigenvalue weighted by molar-refractivity contribution is -0.132. The van der Waals surface area contributed by atoms with Crippen LogP contribution in [-0.4, -0.2) is 17.9 Å². The Balaban J connectivity index is 1.64. The van der Waals surface area contributed by atoms with Crippen molar-refractivity contribution >= 4 is 17.9 Å². The Bertz CT molecular complexity index is 1580. The first-order valence-electron chi connectivity index (χ1n) is 12.8. The molecule has 4 aromatic rings. The van der Waals surface area contributed by atoms with Gasteiger partial charge >= 0.3 is 17.9 Å². The number of rotatable bonds is 3. The quantitative estimate of drug-likeness (QED) is 0.185. The molecule has 42 heavy (non-hydrogen) atoms. The fourth-order valence-electron chi connectivity index (χ4n) is 3.59. The van der Waals surface area contributed by atoms with Crippen LogP contribution in [0.25, 0.3) is 0 Å². The van der Waals surface area contributed by atoms with Gasteiger partial charge in [0.15, 0.2) is 0 Å². The van der Waals surface area contributed by atoms with E-state index in [0.29, 0.717) is 33.9 Å². The predicted molar refractivity (Wildman–Crippen MR) is 158 cm³/mol. The third-order valence-corrected chi connectivity index (χ3v) is 5.33. The van der Waals surface area contributed by atoms with Gasteiger partial charge < -0.3 is 14.2 Å². The van der Waals surface area contributed by atoms with Crippen LogP contribution in [-0.2, 0) is 14.4 Å². The molecule has 0 aromatic heterocycles. The lowest BCUT2D eigenvalue weighted by atomic mass is 10.0. The second-order valence-electron chi connectivity index (χ2n) is 8.90. The molecule has 0 unspecified atom stereocenters. The van der Waals surface area contributed by atoms with Crippen LogP contribution in [0.5, 0.6) is 17.2 Å². The minimum absolute atomic E-state index is 0.388. The number of carbonyl (C=O) groups excluding carboxylic acids is 3. The summed E-state index contributed by atoms with van der Waals surface area (Å²) in [6, 6.07) is 26.4. The predicted octanol–water partition coefficient (Wildman–Crippen LogP) is 5.66. The molecule has 0 bridgehead atoms. The van der Waals surface area contributed by atoms with Gasteiger partial charge in [-0.2, -0.15) is 0 Å². The van der Waals surface area contributed by atoms with E-state index < -0.39 is 0 Å². The van der Waals surface area contributed by atoms with Crippen molar-refractivity contribution in [1.82, 2.24) is 0 Å². The standard InChI is InChI=1S/C36H24O6/c1-25(37)40-34-16-10-28(11-17-34)4-7-31-22-32(8-5-29-12-18-35(19-13-29)41-26(2)38)24-33(23-31)9-6-30-14-20-36(21-15-30)42-27(3)39/h10-24H,1-3H3. The molecular weight excluding hydrogens is 528 g/mol. The van der Waals surface area contributed by atoms with Crippen molar-refractivity contribution in [2.75, 3.05) is 0 Å². The van der Waals surface area contributed by atoms with Crippen molar-refractivity contribution in [3.8, 4) is 52.8 Å². The molecule has 6 nitrogen and oxygen atoms in total. The molecular formula is C36H24O6. The molecule has 0 saturated carbocycles. The van der Waals surface area contributed by atoms with Crippen LogP contribution < -0.4 is 14.2 Å². The summed E-state index contributed by atoms with van der Waals surface area (Å²) in [5.74, 6) is 19.0. The largest absolute Gasteiger partial charge is 0.427 e. The first kappa shape index (κ1) is 29.0. The lowest BCUT2D eigenvalue weighted by Crippen LogP contribution is -2.00. The van der Waals surface area contributed by atoms with Gasteiger partial charge in [0.2, 0.25) is 0 Å². The van der Waals surface area contributed by atoms with Crippen molar-refractivity contribution < 1.29 is 28.6 Å². The number of benzene rings is 4. The zero-order chi connectivity index (χ0) is 29.9. The summed E-state index contributed by atoms with van der Waals surface area (Å²) in [6.07, 6.45) is 0. The van der Waals surface area contributed by atoms with Crippen LogP contribution in [0.3, 0.4) is 0 Å². The third kappa shape index (κ3) is 9.31. The monoisotopic (exact) mass is 552 g/mol. The smallest absolute Gasteiger partial charge is 0.308 e. The number of hydrogen-bond acceptors (Lipinski definition) is 6. The van der Waals surface area contributed by atoms with Crippen molar-refractivity contribution in [3.63, 3.8) is 0 Å². The minimum atomic E-state index is -0.388. The Kier molecular flexibility index (Phi) is 9.55. The maximum atomic E-state index is 11.2. The maximum absolute atomic E-state index is 11.2. The Labute approximate surface area is 244 Å². The van der Waals surface area contributed by atoms with Crippen molar-refractivity contribution in [2.45, 2.75) is 20.8 Å². The highest BCUT2D eigenvalue weighted by Crippen LogP contribution is 2.15. The Morgan fingerprint density at radius 2 is 0.595 bits per heavy atom. The van der Waals surface area contributed by atoms with Crippen LogP contribution in [0.1, 0.15) is 54.2 Å².